The lowest BCUT2D eigenvalue weighted by Crippen LogP contribution is -2.11. The highest BCUT2D eigenvalue weighted by Crippen LogP contribution is 2.28. The Balaban J connectivity index is 2.20. The second kappa shape index (κ2) is 4.24. The number of rotatable bonds is 2. The summed E-state index contributed by atoms with van der Waals surface area (Å²) in [6.07, 6.45) is 2.47. The summed E-state index contributed by atoms with van der Waals surface area (Å²) in [7, 11) is 4.14. The van der Waals surface area contributed by atoms with Crippen LogP contribution in [0.4, 0.5) is 5.69 Å². The quantitative estimate of drug-likeness (QED) is 0.752. The van der Waals surface area contributed by atoms with Crippen molar-refractivity contribution in [2.45, 2.75) is 17.7 Å². The third-order valence-electron chi connectivity index (χ3n) is 2.30. The van der Waals surface area contributed by atoms with Crippen LogP contribution in [0.5, 0.6) is 0 Å². The van der Waals surface area contributed by atoms with Gasteiger partial charge in [0.05, 0.1) is 0 Å². The summed E-state index contributed by atoms with van der Waals surface area (Å²) in [5.74, 6) is 0. The minimum atomic E-state index is 1.12. The normalized spacial score (nSPS) is 15.1. The van der Waals surface area contributed by atoms with Gasteiger partial charge in [0.25, 0.3) is 0 Å². The molecule has 14 heavy (non-hydrogen) atoms. The Morgan fingerprint density at radius 2 is 2.21 bits per heavy atom. The molecule has 1 aromatic rings. The van der Waals surface area contributed by atoms with Gasteiger partial charge in [0.2, 0.25) is 0 Å². The Morgan fingerprint density at radius 1 is 1.36 bits per heavy atom. The molecule has 1 aromatic carbocycles. The smallest absolute Gasteiger partial charge is 0.0373 e. The van der Waals surface area contributed by atoms with Crippen LogP contribution in [0.3, 0.4) is 0 Å². The zero-order chi connectivity index (χ0) is 9.97. The predicted octanol–water partition coefficient (Wildman–Crippen LogP) is 2.61. The molecular weight excluding hydrogens is 192 g/mol. The zero-order valence-electron chi connectivity index (χ0n) is 8.71. The van der Waals surface area contributed by atoms with Crippen molar-refractivity contribution in [1.29, 1.82) is 0 Å². The van der Waals surface area contributed by atoms with E-state index in [0.717, 1.165) is 6.54 Å². The fourth-order valence-corrected chi connectivity index (χ4v) is 2.46. The minimum absolute atomic E-state index is 1.12. The molecule has 0 radical (unpaired) electrons. The van der Waals surface area contributed by atoms with Crippen molar-refractivity contribution in [2.75, 3.05) is 26.0 Å². The van der Waals surface area contributed by atoms with E-state index in [1.165, 1.54) is 29.0 Å². The highest BCUT2D eigenvalue weighted by molar-refractivity contribution is 7.97. The van der Waals surface area contributed by atoms with Crippen LogP contribution in [-0.2, 0) is 6.42 Å². The monoisotopic (exact) mass is 208 g/mol. The molecular formula is C11H16N2S. The summed E-state index contributed by atoms with van der Waals surface area (Å²) in [5, 5.41) is 3.42. The van der Waals surface area contributed by atoms with Gasteiger partial charge in [-0.1, -0.05) is 0 Å². The van der Waals surface area contributed by atoms with Crippen molar-refractivity contribution in [3.8, 4) is 0 Å². The van der Waals surface area contributed by atoms with Crippen LogP contribution < -0.4 is 5.32 Å². The molecule has 0 saturated heterocycles. The fourth-order valence-electron chi connectivity index (χ4n) is 1.72. The second-order valence-electron chi connectivity index (χ2n) is 3.75. The topological polar surface area (TPSA) is 15.3 Å². The van der Waals surface area contributed by atoms with E-state index in [4.69, 9.17) is 0 Å². The maximum absolute atomic E-state index is 3.42. The Bertz CT molecular complexity index is 323. The van der Waals surface area contributed by atoms with Gasteiger partial charge in [-0.25, -0.2) is 0 Å². The fraction of sp³-hybridized carbons (Fsp3) is 0.455. The summed E-state index contributed by atoms with van der Waals surface area (Å²) in [4.78, 5) is 1.33. The molecule has 2 rings (SSSR count). The SMILES string of the molecule is CN(C)Sc1ccc2c(c1)CCCN2. The molecule has 0 aliphatic carbocycles. The van der Waals surface area contributed by atoms with Gasteiger partial charge in [0.1, 0.15) is 0 Å². The molecule has 1 heterocycles. The van der Waals surface area contributed by atoms with Gasteiger partial charge in [-0.2, -0.15) is 0 Å². The van der Waals surface area contributed by atoms with Crippen molar-refractivity contribution in [3.63, 3.8) is 0 Å². The van der Waals surface area contributed by atoms with Crippen LogP contribution in [0.25, 0.3) is 0 Å². The van der Waals surface area contributed by atoms with Crippen molar-refractivity contribution in [3.05, 3.63) is 23.8 Å². The first-order chi connectivity index (χ1) is 6.75. The lowest BCUT2D eigenvalue weighted by atomic mass is 10.0. The molecule has 1 N–H and O–H groups in total. The number of nitrogens with zero attached hydrogens (tertiary/aromatic N) is 1. The van der Waals surface area contributed by atoms with Crippen molar-refractivity contribution in [2.24, 2.45) is 0 Å². The van der Waals surface area contributed by atoms with Crippen molar-refractivity contribution >= 4 is 17.6 Å². The van der Waals surface area contributed by atoms with Gasteiger partial charge >= 0.3 is 0 Å². The predicted molar refractivity (Wildman–Crippen MR) is 62.8 cm³/mol. The average molecular weight is 208 g/mol. The van der Waals surface area contributed by atoms with Crippen molar-refractivity contribution in [1.82, 2.24) is 4.31 Å². The van der Waals surface area contributed by atoms with Gasteiger partial charge < -0.3 is 5.32 Å². The van der Waals surface area contributed by atoms with E-state index in [1.54, 1.807) is 11.9 Å². The molecule has 3 heteroatoms. The van der Waals surface area contributed by atoms with E-state index < -0.39 is 0 Å². The van der Waals surface area contributed by atoms with Crippen LogP contribution in [0.1, 0.15) is 12.0 Å². The highest BCUT2D eigenvalue weighted by atomic mass is 32.2. The van der Waals surface area contributed by atoms with E-state index in [0.29, 0.717) is 0 Å². The standard InChI is InChI=1S/C11H16N2S/c1-13(2)14-10-5-6-11-9(8-10)4-3-7-12-11/h5-6,8,12H,3-4,7H2,1-2H3. The first-order valence-corrected chi connectivity index (χ1v) is 5.75. The number of aryl methyl sites for hydroxylation is 1. The number of hydrogen-bond donors (Lipinski definition) is 1. The molecule has 2 nitrogen and oxygen atoms in total. The minimum Gasteiger partial charge on any atom is -0.385 e. The zero-order valence-corrected chi connectivity index (χ0v) is 9.53. The molecule has 0 aromatic heterocycles. The van der Waals surface area contributed by atoms with Gasteiger partial charge in [-0.15, -0.1) is 0 Å². The van der Waals surface area contributed by atoms with E-state index >= 15 is 0 Å². The summed E-state index contributed by atoms with van der Waals surface area (Å²) in [5.41, 5.74) is 2.78. The molecule has 76 valence electrons. The molecule has 0 unspecified atom stereocenters. The van der Waals surface area contributed by atoms with E-state index in [1.807, 2.05) is 0 Å². The third kappa shape index (κ3) is 2.22. The molecule has 0 amide bonds. The van der Waals surface area contributed by atoms with E-state index in [9.17, 15) is 0 Å². The largest absolute Gasteiger partial charge is 0.385 e. The first kappa shape index (κ1) is 9.87. The average Bonchev–Trinajstić information content (AvgIpc) is 2.17. The second-order valence-corrected chi connectivity index (χ2v) is 5.14. The lowest BCUT2D eigenvalue weighted by Gasteiger charge is -2.19. The Labute approximate surface area is 89.8 Å². The van der Waals surface area contributed by atoms with E-state index in [2.05, 4.69) is 41.9 Å². The Kier molecular flexibility index (Phi) is 2.99. The molecule has 1 aliphatic heterocycles. The van der Waals surface area contributed by atoms with Crippen LogP contribution in [0, 0.1) is 0 Å². The van der Waals surface area contributed by atoms with Gasteiger partial charge in [0, 0.05) is 17.1 Å². The van der Waals surface area contributed by atoms with Crippen LogP contribution >= 0.6 is 11.9 Å². The summed E-state index contributed by atoms with van der Waals surface area (Å²) < 4.78 is 2.12. The number of hydrogen-bond acceptors (Lipinski definition) is 3. The van der Waals surface area contributed by atoms with Gasteiger partial charge in [-0.05, 0) is 62.6 Å². The Morgan fingerprint density at radius 3 is 3.00 bits per heavy atom. The number of nitrogens with one attached hydrogen (secondary N) is 1. The van der Waals surface area contributed by atoms with Crippen LogP contribution in [0.15, 0.2) is 23.1 Å². The molecule has 0 atom stereocenters. The Hall–Kier alpha value is -0.670. The molecule has 0 spiro atoms. The van der Waals surface area contributed by atoms with Crippen LogP contribution in [-0.4, -0.2) is 24.9 Å². The molecule has 0 saturated carbocycles. The summed E-state index contributed by atoms with van der Waals surface area (Å²) in [6, 6.07) is 6.67. The number of fused-ring (bicyclic) bond motifs is 1. The lowest BCUT2D eigenvalue weighted by molar-refractivity contribution is 0.702. The third-order valence-corrected chi connectivity index (χ3v) is 3.13. The van der Waals surface area contributed by atoms with Crippen LogP contribution in [0.2, 0.25) is 0 Å². The molecule has 0 fully saturated rings. The molecule has 0 bridgehead atoms. The number of benzene rings is 1. The van der Waals surface area contributed by atoms with Gasteiger partial charge in [0.15, 0.2) is 0 Å². The summed E-state index contributed by atoms with van der Waals surface area (Å²) >= 11 is 1.78. The van der Waals surface area contributed by atoms with Gasteiger partial charge in [-0.3, -0.25) is 4.31 Å². The maximum atomic E-state index is 3.42. The maximum Gasteiger partial charge on any atom is 0.0373 e. The highest BCUT2D eigenvalue weighted by Gasteiger charge is 2.08. The van der Waals surface area contributed by atoms with E-state index in [-0.39, 0.29) is 0 Å². The number of anilines is 1. The first-order valence-electron chi connectivity index (χ1n) is 4.98. The summed E-state index contributed by atoms with van der Waals surface area (Å²) in [6.45, 7) is 1.12. The molecule has 1 aliphatic rings. The van der Waals surface area contributed by atoms with Crippen molar-refractivity contribution < 1.29 is 0 Å².